The molecule has 3 N–H and O–H groups in total. The van der Waals surface area contributed by atoms with Crippen molar-refractivity contribution in [2.75, 3.05) is 39.6 Å². The van der Waals surface area contributed by atoms with Crippen molar-refractivity contribution in [3.8, 4) is 0 Å². The first-order valence-corrected chi connectivity index (χ1v) is 38.7. The molecule has 0 saturated carbocycles. The molecule has 3 unspecified atom stereocenters. The second kappa shape index (κ2) is 58.8. The molecule has 522 valence electrons. The van der Waals surface area contributed by atoms with E-state index >= 15 is 0 Å². The van der Waals surface area contributed by atoms with Gasteiger partial charge in [-0.3, -0.25) is 37.3 Å². The number of phosphoric acid groups is 2. The third kappa shape index (κ3) is 61.6. The summed E-state index contributed by atoms with van der Waals surface area (Å²) >= 11 is 0. The van der Waals surface area contributed by atoms with Gasteiger partial charge in [0.15, 0.2) is 12.2 Å². The normalized spacial score (nSPS) is 14.6. The first-order valence-electron chi connectivity index (χ1n) is 35.7. The van der Waals surface area contributed by atoms with Crippen LogP contribution in [-0.2, 0) is 65.4 Å². The van der Waals surface area contributed by atoms with Crippen LogP contribution in [0.15, 0.2) is 0 Å². The van der Waals surface area contributed by atoms with E-state index in [9.17, 15) is 43.2 Å². The number of hydrogen-bond acceptors (Lipinski definition) is 15. The van der Waals surface area contributed by atoms with Crippen LogP contribution in [0.4, 0.5) is 0 Å². The molecule has 0 aliphatic heterocycles. The number of aliphatic hydroxyl groups excluding tert-OH is 1. The zero-order valence-corrected chi connectivity index (χ0v) is 59.1. The molecule has 0 spiro atoms. The molecule has 0 amide bonds. The second-order valence-electron chi connectivity index (χ2n) is 26.6. The maximum atomic E-state index is 13.0. The molecule has 0 saturated heterocycles. The Balaban J connectivity index is 5.26. The summed E-state index contributed by atoms with van der Waals surface area (Å²) in [5, 5.41) is 10.6. The molecule has 0 aliphatic rings. The summed E-state index contributed by atoms with van der Waals surface area (Å²) in [6.07, 6.45) is 40.3. The molecule has 0 radical (unpaired) electrons. The number of aliphatic hydroxyl groups is 1. The van der Waals surface area contributed by atoms with Crippen LogP contribution in [0, 0.1) is 23.7 Å². The fourth-order valence-electron chi connectivity index (χ4n) is 10.3. The lowest BCUT2D eigenvalue weighted by atomic mass is 10.00. The topological polar surface area (TPSA) is 237 Å². The molecule has 0 fully saturated rings. The van der Waals surface area contributed by atoms with Crippen LogP contribution < -0.4 is 0 Å². The number of rotatable bonds is 66. The summed E-state index contributed by atoms with van der Waals surface area (Å²) in [4.78, 5) is 72.5. The predicted octanol–water partition coefficient (Wildman–Crippen LogP) is 19.3. The van der Waals surface area contributed by atoms with Gasteiger partial charge in [-0.15, -0.1) is 0 Å². The fourth-order valence-corrected chi connectivity index (χ4v) is 11.9. The molecule has 19 heteroatoms. The summed E-state index contributed by atoms with van der Waals surface area (Å²) < 4.78 is 68.2. The van der Waals surface area contributed by atoms with Crippen molar-refractivity contribution in [3.05, 3.63) is 0 Å². The highest BCUT2D eigenvalue weighted by Gasteiger charge is 2.30. The Hall–Kier alpha value is -1.94. The smallest absolute Gasteiger partial charge is 0.462 e. The Morgan fingerprint density at radius 2 is 0.545 bits per heavy atom. The van der Waals surface area contributed by atoms with E-state index in [1.165, 1.54) is 135 Å². The van der Waals surface area contributed by atoms with Crippen LogP contribution >= 0.6 is 15.6 Å². The van der Waals surface area contributed by atoms with Gasteiger partial charge in [-0.05, 0) is 49.4 Å². The highest BCUT2D eigenvalue weighted by molar-refractivity contribution is 7.47. The van der Waals surface area contributed by atoms with Crippen molar-refractivity contribution in [3.63, 3.8) is 0 Å². The first kappa shape index (κ1) is 86.1. The first-order chi connectivity index (χ1) is 42.1. The molecule has 0 heterocycles. The van der Waals surface area contributed by atoms with E-state index in [2.05, 4.69) is 55.4 Å². The average molecular weight is 1300 g/mol. The van der Waals surface area contributed by atoms with Gasteiger partial charge in [-0.2, -0.15) is 0 Å². The number of hydrogen-bond donors (Lipinski definition) is 3. The third-order valence-corrected chi connectivity index (χ3v) is 18.1. The van der Waals surface area contributed by atoms with E-state index < -0.39 is 97.5 Å². The SMILES string of the molecule is CCC(C)CCCCCCCCC(=O)OC[C@H](COP(=O)(O)OC[C@H](O)COP(=O)(O)OC[C@@H](COC(=O)CCCCCCCCCCCC(C)C)OC(=O)CCCCCCCCCCCC(C)C)OC(=O)CCCCCCCCCCCCCC(C)C. The van der Waals surface area contributed by atoms with Crippen LogP contribution in [0.1, 0.15) is 338 Å². The summed E-state index contributed by atoms with van der Waals surface area (Å²) in [5.74, 6) is 0.844. The maximum absolute atomic E-state index is 13.0. The minimum atomic E-state index is -4.95. The van der Waals surface area contributed by atoms with Crippen molar-refractivity contribution in [2.45, 2.75) is 356 Å². The van der Waals surface area contributed by atoms with Gasteiger partial charge in [0, 0.05) is 25.7 Å². The van der Waals surface area contributed by atoms with E-state index in [0.29, 0.717) is 25.7 Å². The van der Waals surface area contributed by atoms with Crippen molar-refractivity contribution in [1.29, 1.82) is 0 Å². The molecule has 0 aromatic carbocycles. The lowest BCUT2D eigenvalue weighted by Crippen LogP contribution is -2.30. The van der Waals surface area contributed by atoms with Gasteiger partial charge in [-0.1, -0.05) is 287 Å². The van der Waals surface area contributed by atoms with Crippen LogP contribution in [0.3, 0.4) is 0 Å². The predicted molar refractivity (Wildman–Crippen MR) is 354 cm³/mol. The third-order valence-electron chi connectivity index (χ3n) is 16.2. The van der Waals surface area contributed by atoms with Gasteiger partial charge in [0.1, 0.15) is 19.3 Å². The molecular formula is C69H134O17P2. The largest absolute Gasteiger partial charge is 0.472 e. The molecule has 0 aliphatic carbocycles. The standard InChI is InChI=1S/C69H134O17P2/c1-9-62(8)48-40-32-27-28-34-42-50-67(72)80-56-65(86-68(73)51-43-35-25-18-12-10-11-15-21-29-37-45-59(2)3)58-84-88(77,78)82-54-63(70)53-81-87(75,76)83-57-64(85-69(74)52-44-36-26-20-14-17-23-31-39-47-61(6)7)55-79-66(71)49-41-33-24-19-13-16-22-30-38-46-60(4)5/h59-65,70H,9-58H2,1-8H3,(H,75,76)(H,77,78)/t62?,63-,64-,65-/m1/s1. The van der Waals surface area contributed by atoms with Gasteiger partial charge in [0.2, 0.25) is 0 Å². The Morgan fingerprint density at radius 3 is 0.807 bits per heavy atom. The number of esters is 4. The molecule has 0 aromatic heterocycles. The summed E-state index contributed by atoms with van der Waals surface area (Å²) in [6, 6.07) is 0. The van der Waals surface area contributed by atoms with Crippen molar-refractivity contribution in [2.24, 2.45) is 23.7 Å². The fraction of sp³-hybridized carbons (Fsp3) is 0.942. The van der Waals surface area contributed by atoms with Gasteiger partial charge in [0.05, 0.1) is 26.4 Å². The van der Waals surface area contributed by atoms with E-state index in [0.717, 1.165) is 120 Å². The molecule has 0 aromatic rings. The zero-order valence-electron chi connectivity index (χ0n) is 57.3. The Labute approximate surface area is 537 Å². The van der Waals surface area contributed by atoms with Gasteiger partial charge in [0.25, 0.3) is 0 Å². The average Bonchev–Trinajstić information content (AvgIpc) is 3.70. The minimum Gasteiger partial charge on any atom is -0.462 e. The highest BCUT2D eigenvalue weighted by Crippen LogP contribution is 2.45. The summed E-state index contributed by atoms with van der Waals surface area (Å²) in [5.41, 5.74) is 0. The summed E-state index contributed by atoms with van der Waals surface area (Å²) in [7, 11) is -9.90. The lowest BCUT2D eigenvalue weighted by Gasteiger charge is -2.21. The van der Waals surface area contributed by atoms with Gasteiger partial charge >= 0.3 is 39.5 Å². The number of phosphoric ester groups is 2. The number of unbranched alkanes of at least 4 members (excludes halogenated alkanes) is 31. The molecular weight excluding hydrogens is 1160 g/mol. The quantitative estimate of drug-likeness (QED) is 0.0222. The highest BCUT2D eigenvalue weighted by atomic mass is 31.2. The van der Waals surface area contributed by atoms with Crippen molar-refractivity contribution in [1.82, 2.24) is 0 Å². The van der Waals surface area contributed by atoms with Crippen molar-refractivity contribution < 1.29 is 80.2 Å². The minimum absolute atomic E-state index is 0.104. The lowest BCUT2D eigenvalue weighted by molar-refractivity contribution is -0.161. The molecule has 17 nitrogen and oxygen atoms in total. The molecule has 0 bridgehead atoms. The van der Waals surface area contributed by atoms with Gasteiger partial charge in [-0.25, -0.2) is 9.13 Å². The van der Waals surface area contributed by atoms with Crippen LogP contribution in [0.25, 0.3) is 0 Å². The van der Waals surface area contributed by atoms with E-state index in [4.69, 9.17) is 37.0 Å². The van der Waals surface area contributed by atoms with Gasteiger partial charge < -0.3 is 33.8 Å². The monoisotopic (exact) mass is 1300 g/mol. The Morgan fingerprint density at radius 1 is 0.318 bits per heavy atom. The van der Waals surface area contributed by atoms with Crippen molar-refractivity contribution >= 4 is 39.5 Å². The molecule has 6 atom stereocenters. The Bertz CT molecular complexity index is 1750. The summed E-state index contributed by atoms with van der Waals surface area (Å²) in [6.45, 7) is 14.1. The number of carbonyl (C=O) groups is 4. The number of ether oxygens (including phenoxy) is 4. The van der Waals surface area contributed by atoms with Crippen LogP contribution in [-0.4, -0.2) is 96.7 Å². The second-order valence-corrected chi connectivity index (χ2v) is 29.5. The number of carbonyl (C=O) groups excluding carboxylic acids is 4. The molecule has 88 heavy (non-hydrogen) atoms. The van der Waals surface area contributed by atoms with E-state index in [1.807, 2.05) is 0 Å². The molecule has 0 rings (SSSR count). The zero-order chi connectivity index (χ0) is 65.4. The Kier molecular flexibility index (Phi) is 57.6. The maximum Gasteiger partial charge on any atom is 0.472 e. The van der Waals surface area contributed by atoms with E-state index in [1.54, 1.807) is 0 Å². The van der Waals surface area contributed by atoms with Crippen LogP contribution in [0.5, 0.6) is 0 Å². The van der Waals surface area contributed by atoms with E-state index in [-0.39, 0.29) is 25.7 Å². The van der Waals surface area contributed by atoms with Crippen LogP contribution in [0.2, 0.25) is 0 Å².